The molecule has 0 amide bonds. The zero-order chi connectivity index (χ0) is 11.5. The van der Waals surface area contributed by atoms with E-state index in [1.807, 2.05) is 0 Å². The highest BCUT2D eigenvalue weighted by molar-refractivity contribution is 4.82. The summed E-state index contributed by atoms with van der Waals surface area (Å²) in [6.07, 6.45) is 3.94. The molecule has 0 saturated heterocycles. The van der Waals surface area contributed by atoms with E-state index in [-0.39, 0.29) is 12.0 Å². The Morgan fingerprint density at radius 2 is 1.87 bits per heavy atom. The molecule has 90 valence electrons. The van der Waals surface area contributed by atoms with Crippen molar-refractivity contribution in [2.75, 3.05) is 13.2 Å². The SMILES string of the molecule is CC1CCC(NCC(C)(C)CO)CC1C. The van der Waals surface area contributed by atoms with Crippen LogP contribution in [0.5, 0.6) is 0 Å². The van der Waals surface area contributed by atoms with Gasteiger partial charge in [-0.3, -0.25) is 0 Å². The number of rotatable bonds is 4. The summed E-state index contributed by atoms with van der Waals surface area (Å²) in [5.41, 5.74) is 0.0201. The van der Waals surface area contributed by atoms with E-state index >= 15 is 0 Å². The van der Waals surface area contributed by atoms with E-state index in [0.717, 1.165) is 18.4 Å². The lowest BCUT2D eigenvalue weighted by molar-refractivity contribution is 0.142. The topological polar surface area (TPSA) is 32.3 Å². The maximum absolute atomic E-state index is 9.18. The van der Waals surface area contributed by atoms with Crippen LogP contribution in [0.4, 0.5) is 0 Å². The van der Waals surface area contributed by atoms with Gasteiger partial charge < -0.3 is 10.4 Å². The monoisotopic (exact) mass is 213 g/mol. The largest absolute Gasteiger partial charge is 0.396 e. The summed E-state index contributed by atoms with van der Waals surface area (Å²) in [4.78, 5) is 0. The minimum absolute atomic E-state index is 0.0201. The summed E-state index contributed by atoms with van der Waals surface area (Å²) in [5, 5.41) is 12.8. The van der Waals surface area contributed by atoms with Crippen molar-refractivity contribution >= 4 is 0 Å². The van der Waals surface area contributed by atoms with Crippen molar-refractivity contribution in [1.29, 1.82) is 0 Å². The predicted molar refractivity (Wildman–Crippen MR) is 64.8 cm³/mol. The molecule has 0 aromatic rings. The molecule has 0 heterocycles. The highest BCUT2D eigenvalue weighted by Gasteiger charge is 2.25. The number of aliphatic hydroxyl groups excluding tert-OH is 1. The molecule has 0 spiro atoms. The number of aliphatic hydroxyl groups is 1. The van der Waals surface area contributed by atoms with Crippen LogP contribution in [0.1, 0.15) is 47.0 Å². The third kappa shape index (κ3) is 4.12. The van der Waals surface area contributed by atoms with Crippen LogP contribution in [0.25, 0.3) is 0 Å². The fourth-order valence-corrected chi connectivity index (χ4v) is 2.21. The zero-order valence-electron chi connectivity index (χ0n) is 10.7. The smallest absolute Gasteiger partial charge is 0.0494 e. The fourth-order valence-electron chi connectivity index (χ4n) is 2.21. The number of hydrogen-bond acceptors (Lipinski definition) is 2. The quantitative estimate of drug-likeness (QED) is 0.751. The van der Waals surface area contributed by atoms with Gasteiger partial charge in [-0.2, -0.15) is 0 Å². The molecule has 0 radical (unpaired) electrons. The second-order valence-electron chi connectivity index (χ2n) is 6.17. The Bertz CT molecular complexity index is 191. The van der Waals surface area contributed by atoms with Crippen molar-refractivity contribution in [1.82, 2.24) is 5.32 Å². The average Bonchev–Trinajstić information content (AvgIpc) is 2.20. The Morgan fingerprint density at radius 1 is 1.20 bits per heavy atom. The Labute approximate surface area is 94.5 Å². The van der Waals surface area contributed by atoms with E-state index in [0.29, 0.717) is 6.04 Å². The average molecular weight is 213 g/mol. The molecule has 0 bridgehead atoms. The molecule has 3 atom stereocenters. The second-order valence-corrected chi connectivity index (χ2v) is 6.17. The lowest BCUT2D eigenvalue weighted by Crippen LogP contribution is -2.42. The Balaban J connectivity index is 2.28. The van der Waals surface area contributed by atoms with Crippen molar-refractivity contribution in [3.63, 3.8) is 0 Å². The van der Waals surface area contributed by atoms with E-state index < -0.39 is 0 Å². The van der Waals surface area contributed by atoms with Gasteiger partial charge in [-0.25, -0.2) is 0 Å². The van der Waals surface area contributed by atoms with Crippen molar-refractivity contribution in [2.45, 2.75) is 53.0 Å². The van der Waals surface area contributed by atoms with E-state index in [4.69, 9.17) is 0 Å². The molecule has 2 N–H and O–H groups in total. The molecule has 1 rings (SSSR count). The molecule has 0 aromatic carbocycles. The second kappa shape index (κ2) is 5.31. The van der Waals surface area contributed by atoms with E-state index in [1.165, 1.54) is 19.3 Å². The van der Waals surface area contributed by atoms with Gasteiger partial charge in [0.15, 0.2) is 0 Å². The first kappa shape index (κ1) is 13.0. The molecule has 1 fully saturated rings. The molecule has 0 aromatic heterocycles. The molecular weight excluding hydrogens is 186 g/mol. The van der Waals surface area contributed by atoms with Gasteiger partial charge in [0, 0.05) is 24.6 Å². The summed E-state index contributed by atoms with van der Waals surface area (Å²) >= 11 is 0. The number of hydrogen-bond donors (Lipinski definition) is 2. The highest BCUT2D eigenvalue weighted by atomic mass is 16.3. The standard InChI is InChI=1S/C13H27NO/c1-10-5-6-12(7-11(10)2)14-8-13(3,4)9-15/h10-12,14-15H,5-9H2,1-4H3. The van der Waals surface area contributed by atoms with E-state index in [2.05, 4.69) is 33.0 Å². The lowest BCUT2D eigenvalue weighted by Gasteiger charge is -2.34. The van der Waals surface area contributed by atoms with Crippen LogP contribution in [0, 0.1) is 17.3 Å². The maximum Gasteiger partial charge on any atom is 0.0494 e. The van der Waals surface area contributed by atoms with Crippen LogP contribution in [-0.4, -0.2) is 24.3 Å². The van der Waals surface area contributed by atoms with Crippen LogP contribution < -0.4 is 5.32 Å². The molecule has 2 nitrogen and oxygen atoms in total. The summed E-state index contributed by atoms with van der Waals surface area (Å²) in [7, 11) is 0. The van der Waals surface area contributed by atoms with Crippen molar-refractivity contribution < 1.29 is 5.11 Å². The van der Waals surface area contributed by atoms with Crippen molar-refractivity contribution in [3.8, 4) is 0 Å². The van der Waals surface area contributed by atoms with Gasteiger partial charge in [-0.15, -0.1) is 0 Å². The predicted octanol–water partition coefficient (Wildman–Crippen LogP) is 2.42. The first-order valence-electron chi connectivity index (χ1n) is 6.29. The minimum Gasteiger partial charge on any atom is -0.396 e. The molecular formula is C13H27NO. The Kier molecular flexibility index (Phi) is 4.60. The molecule has 3 unspecified atom stereocenters. The van der Waals surface area contributed by atoms with Crippen LogP contribution in [0.15, 0.2) is 0 Å². The van der Waals surface area contributed by atoms with Crippen molar-refractivity contribution in [2.24, 2.45) is 17.3 Å². The van der Waals surface area contributed by atoms with Crippen LogP contribution in [0.2, 0.25) is 0 Å². The highest BCUT2D eigenvalue weighted by Crippen LogP contribution is 2.29. The molecule has 1 saturated carbocycles. The van der Waals surface area contributed by atoms with Crippen LogP contribution in [0.3, 0.4) is 0 Å². The van der Waals surface area contributed by atoms with Gasteiger partial charge >= 0.3 is 0 Å². The Hall–Kier alpha value is -0.0800. The normalized spacial score (nSPS) is 33.0. The van der Waals surface area contributed by atoms with Crippen LogP contribution in [-0.2, 0) is 0 Å². The molecule has 2 heteroatoms. The first-order chi connectivity index (χ1) is 6.94. The van der Waals surface area contributed by atoms with Gasteiger partial charge in [0.1, 0.15) is 0 Å². The Morgan fingerprint density at radius 3 is 2.40 bits per heavy atom. The molecule has 15 heavy (non-hydrogen) atoms. The number of nitrogens with one attached hydrogen (secondary N) is 1. The fraction of sp³-hybridized carbons (Fsp3) is 1.00. The summed E-state index contributed by atoms with van der Waals surface area (Å²) in [6, 6.07) is 0.669. The summed E-state index contributed by atoms with van der Waals surface area (Å²) in [5.74, 6) is 1.72. The first-order valence-corrected chi connectivity index (χ1v) is 6.29. The van der Waals surface area contributed by atoms with Gasteiger partial charge in [0.25, 0.3) is 0 Å². The maximum atomic E-state index is 9.18. The van der Waals surface area contributed by atoms with Gasteiger partial charge in [0.2, 0.25) is 0 Å². The third-order valence-corrected chi connectivity index (χ3v) is 3.90. The van der Waals surface area contributed by atoms with Crippen molar-refractivity contribution in [3.05, 3.63) is 0 Å². The minimum atomic E-state index is 0.0201. The van der Waals surface area contributed by atoms with Gasteiger partial charge in [-0.1, -0.05) is 27.7 Å². The van der Waals surface area contributed by atoms with E-state index in [9.17, 15) is 5.11 Å². The summed E-state index contributed by atoms with van der Waals surface area (Å²) < 4.78 is 0. The lowest BCUT2D eigenvalue weighted by atomic mass is 9.79. The van der Waals surface area contributed by atoms with Crippen LogP contribution >= 0.6 is 0 Å². The molecule has 0 aliphatic heterocycles. The molecule has 1 aliphatic rings. The van der Waals surface area contributed by atoms with Gasteiger partial charge in [0.05, 0.1) is 0 Å². The van der Waals surface area contributed by atoms with Gasteiger partial charge in [-0.05, 0) is 31.1 Å². The summed E-state index contributed by atoms with van der Waals surface area (Å²) in [6.45, 7) is 10.1. The third-order valence-electron chi connectivity index (χ3n) is 3.90. The molecule has 1 aliphatic carbocycles. The zero-order valence-corrected chi connectivity index (χ0v) is 10.7. The van der Waals surface area contributed by atoms with E-state index in [1.54, 1.807) is 0 Å².